The SMILES string of the molecule is O=C(c1ccc(-c2ncn[nH]2)cc1)N1CC(Oc2ccccc2Cl)C1. The number of nitrogens with one attached hydrogen (secondary N) is 1. The Labute approximate surface area is 149 Å². The monoisotopic (exact) mass is 354 g/mol. The summed E-state index contributed by atoms with van der Waals surface area (Å²) < 4.78 is 5.82. The Morgan fingerprint density at radius 3 is 2.60 bits per heavy atom. The van der Waals surface area contributed by atoms with Crippen LogP contribution in [-0.2, 0) is 0 Å². The van der Waals surface area contributed by atoms with Crippen LogP contribution in [0.4, 0.5) is 0 Å². The van der Waals surface area contributed by atoms with Gasteiger partial charge in [0.05, 0.1) is 18.1 Å². The number of hydrogen-bond acceptors (Lipinski definition) is 4. The minimum atomic E-state index is -0.0303. The zero-order chi connectivity index (χ0) is 17.2. The van der Waals surface area contributed by atoms with Gasteiger partial charge in [-0.05, 0) is 24.3 Å². The van der Waals surface area contributed by atoms with Crippen molar-refractivity contribution < 1.29 is 9.53 Å². The molecule has 6 nitrogen and oxygen atoms in total. The number of amides is 1. The molecule has 0 spiro atoms. The number of benzene rings is 2. The molecule has 1 fully saturated rings. The summed E-state index contributed by atoms with van der Waals surface area (Å²) in [6, 6.07) is 14.6. The molecule has 0 unspecified atom stereocenters. The summed E-state index contributed by atoms with van der Waals surface area (Å²) in [6.45, 7) is 1.10. The van der Waals surface area contributed by atoms with Crippen LogP contribution in [0, 0.1) is 0 Å². The third kappa shape index (κ3) is 3.21. The van der Waals surface area contributed by atoms with Crippen molar-refractivity contribution in [2.45, 2.75) is 6.10 Å². The lowest BCUT2D eigenvalue weighted by molar-refractivity contribution is 0.0178. The van der Waals surface area contributed by atoms with E-state index in [2.05, 4.69) is 15.2 Å². The van der Waals surface area contributed by atoms with E-state index >= 15 is 0 Å². The highest BCUT2D eigenvalue weighted by molar-refractivity contribution is 6.32. The van der Waals surface area contributed by atoms with Crippen LogP contribution in [0.25, 0.3) is 11.4 Å². The summed E-state index contributed by atoms with van der Waals surface area (Å²) in [6.07, 6.45) is 1.42. The Balaban J connectivity index is 1.36. The van der Waals surface area contributed by atoms with Gasteiger partial charge in [-0.2, -0.15) is 5.10 Å². The number of para-hydroxylation sites is 1. The fraction of sp³-hybridized carbons (Fsp3) is 0.167. The lowest BCUT2D eigenvalue weighted by Crippen LogP contribution is -2.56. The second kappa shape index (κ2) is 6.57. The number of rotatable bonds is 4. The van der Waals surface area contributed by atoms with Crippen molar-refractivity contribution in [3.63, 3.8) is 0 Å². The zero-order valence-electron chi connectivity index (χ0n) is 13.2. The van der Waals surface area contributed by atoms with Crippen LogP contribution in [0.5, 0.6) is 5.75 Å². The van der Waals surface area contributed by atoms with Gasteiger partial charge in [0.2, 0.25) is 0 Å². The van der Waals surface area contributed by atoms with Crippen molar-refractivity contribution in [2.24, 2.45) is 0 Å². The molecule has 1 aromatic heterocycles. The van der Waals surface area contributed by atoms with E-state index in [1.165, 1.54) is 6.33 Å². The molecule has 2 heterocycles. The van der Waals surface area contributed by atoms with Crippen molar-refractivity contribution >= 4 is 17.5 Å². The number of nitrogens with zero attached hydrogens (tertiary/aromatic N) is 3. The minimum absolute atomic E-state index is 0.0110. The van der Waals surface area contributed by atoms with Crippen LogP contribution in [0.1, 0.15) is 10.4 Å². The largest absolute Gasteiger partial charge is 0.485 e. The molecule has 3 aromatic rings. The van der Waals surface area contributed by atoms with Gasteiger partial charge < -0.3 is 9.64 Å². The first-order valence-corrected chi connectivity index (χ1v) is 8.25. The smallest absolute Gasteiger partial charge is 0.254 e. The van der Waals surface area contributed by atoms with Crippen LogP contribution in [-0.4, -0.2) is 45.2 Å². The van der Waals surface area contributed by atoms with Gasteiger partial charge in [0, 0.05) is 11.1 Å². The first kappa shape index (κ1) is 15.7. The van der Waals surface area contributed by atoms with Gasteiger partial charge in [-0.3, -0.25) is 9.89 Å². The average Bonchev–Trinajstić information content (AvgIpc) is 3.13. The Bertz CT molecular complexity index is 874. The predicted molar refractivity (Wildman–Crippen MR) is 93.6 cm³/mol. The van der Waals surface area contributed by atoms with Crippen LogP contribution in [0.15, 0.2) is 54.9 Å². The molecule has 0 aliphatic carbocycles. The maximum atomic E-state index is 12.5. The van der Waals surface area contributed by atoms with Crippen molar-refractivity contribution in [1.29, 1.82) is 0 Å². The maximum Gasteiger partial charge on any atom is 0.254 e. The molecule has 0 atom stereocenters. The molecule has 126 valence electrons. The van der Waals surface area contributed by atoms with E-state index in [4.69, 9.17) is 16.3 Å². The van der Waals surface area contributed by atoms with Crippen LogP contribution < -0.4 is 4.74 Å². The Morgan fingerprint density at radius 1 is 1.16 bits per heavy atom. The molecule has 1 aliphatic rings. The van der Waals surface area contributed by atoms with Crippen LogP contribution in [0.3, 0.4) is 0 Å². The minimum Gasteiger partial charge on any atom is -0.485 e. The van der Waals surface area contributed by atoms with Gasteiger partial charge in [0.15, 0.2) is 5.82 Å². The Hall–Kier alpha value is -2.86. The fourth-order valence-corrected chi connectivity index (χ4v) is 2.88. The van der Waals surface area contributed by atoms with E-state index < -0.39 is 0 Å². The van der Waals surface area contributed by atoms with Crippen LogP contribution in [0.2, 0.25) is 5.02 Å². The molecule has 7 heteroatoms. The van der Waals surface area contributed by atoms with E-state index in [1.54, 1.807) is 23.1 Å². The van der Waals surface area contributed by atoms with E-state index in [1.807, 2.05) is 30.3 Å². The lowest BCUT2D eigenvalue weighted by Gasteiger charge is -2.39. The van der Waals surface area contributed by atoms with Crippen LogP contribution >= 0.6 is 11.6 Å². The topological polar surface area (TPSA) is 71.1 Å². The van der Waals surface area contributed by atoms with Gasteiger partial charge in [0.1, 0.15) is 18.2 Å². The summed E-state index contributed by atoms with van der Waals surface area (Å²) >= 11 is 6.08. The fourth-order valence-electron chi connectivity index (χ4n) is 2.70. The van der Waals surface area contributed by atoms with Gasteiger partial charge in [0.25, 0.3) is 5.91 Å². The first-order valence-electron chi connectivity index (χ1n) is 7.87. The van der Waals surface area contributed by atoms with Gasteiger partial charge >= 0.3 is 0 Å². The summed E-state index contributed by atoms with van der Waals surface area (Å²) in [5.41, 5.74) is 1.53. The van der Waals surface area contributed by atoms with E-state index in [0.29, 0.717) is 35.2 Å². The highest BCUT2D eigenvalue weighted by atomic mass is 35.5. The molecule has 0 radical (unpaired) electrons. The Kier molecular flexibility index (Phi) is 4.11. The molecule has 4 rings (SSSR count). The number of halogens is 1. The number of aromatic nitrogens is 3. The third-order valence-corrected chi connectivity index (χ3v) is 4.40. The molecule has 2 aromatic carbocycles. The summed E-state index contributed by atoms with van der Waals surface area (Å²) in [7, 11) is 0. The third-order valence-electron chi connectivity index (χ3n) is 4.09. The standard InChI is InChI=1S/C18H15ClN4O2/c19-15-3-1-2-4-16(15)25-14-9-23(10-14)18(24)13-7-5-12(6-8-13)17-20-11-21-22-17/h1-8,11,14H,9-10H2,(H,20,21,22). The molecule has 1 N–H and O–H groups in total. The molecule has 0 saturated carbocycles. The summed E-state index contributed by atoms with van der Waals surface area (Å²) in [4.78, 5) is 18.3. The summed E-state index contributed by atoms with van der Waals surface area (Å²) in [5.74, 6) is 1.32. The van der Waals surface area contributed by atoms with Crippen molar-refractivity contribution in [2.75, 3.05) is 13.1 Å². The van der Waals surface area contributed by atoms with Crippen molar-refractivity contribution in [1.82, 2.24) is 20.1 Å². The number of hydrogen-bond donors (Lipinski definition) is 1. The highest BCUT2D eigenvalue weighted by Crippen LogP contribution is 2.27. The molecule has 0 bridgehead atoms. The number of ether oxygens (including phenoxy) is 1. The van der Waals surface area contributed by atoms with Crippen molar-refractivity contribution in [3.8, 4) is 17.1 Å². The van der Waals surface area contributed by atoms with Crippen molar-refractivity contribution in [3.05, 3.63) is 65.4 Å². The molecule has 1 aliphatic heterocycles. The molecule has 1 amide bonds. The van der Waals surface area contributed by atoms with E-state index in [-0.39, 0.29) is 12.0 Å². The summed E-state index contributed by atoms with van der Waals surface area (Å²) in [5, 5.41) is 7.20. The van der Waals surface area contributed by atoms with Gasteiger partial charge in [-0.25, -0.2) is 4.98 Å². The highest BCUT2D eigenvalue weighted by Gasteiger charge is 2.33. The zero-order valence-corrected chi connectivity index (χ0v) is 14.0. The molecular weight excluding hydrogens is 340 g/mol. The van der Waals surface area contributed by atoms with Gasteiger partial charge in [-0.15, -0.1) is 0 Å². The quantitative estimate of drug-likeness (QED) is 0.781. The van der Waals surface area contributed by atoms with E-state index in [9.17, 15) is 4.79 Å². The van der Waals surface area contributed by atoms with Gasteiger partial charge in [-0.1, -0.05) is 35.9 Å². The second-order valence-electron chi connectivity index (χ2n) is 5.79. The molecule has 1 saturated heterocycles. The number of H-pyrrole nitrogens is 1. The second-order valence-corrected chi connectivity index (χ2v) is 6.20. The predicted octanol–water partition coefficient (Wildman–Crippen LogP) is 3.03. The van der Waals surface area contributed by atoms with E-state index in [0.717, 1.165) is 5.56 Å². The molecular formula is C18H15ClN4O2. The molecule has 25 heavy (non-hydrogen) atoms. The number of likely N-dealkylation sites (tertiary alicyclic amines) is 1. The Morgan fingerprint density at radius 2 is 1.92 bits per heavy atom. The average molecular weight is 355 g/mol. The number of carbonyl (C=O) groups excluding carboxylic acids is 1. The lowest BCUT2D eigenvalue weighted by atomic mass is 10.1. The normalized spacial score (nSPS) is 14.2. The number of aromatic amines is 1. The number of carbonyl (C=O) groups is 1. The maximum absolute atomic E-state index is 12.5. The first-order chi connectivity index (χ1) is 12.2.